The van der Waals surface area contributed by atoms with Crippen LogP contribution >= 0.6 is 11.6 Å². The van der Waals surface area contributed by atoms with E-state index in [9.17, 15) is 4.79 Å². The number of benzene rings is 4. The molecule has 0 saturated heterocycles. The topological polar surface area (TPSA) is 47.6 Å². The van der Waals surface area contributed by atoms with E-state index in [2.05, 4.69) is 5.32 Å². The van der Waals surface area contributed by atoms with Crippen molar-refractivity contribution in [2.24, 2.45) is 0 Å². The van der Waals surface area contributed by atoms with Gasteiger partial charge >= 0.3 is 0 Å². The number of hydrogen-bond donors (Lipinski definition) is 1. The number of fused-ring (bicyclic) bond motifs is 1. The van der Waals surface area contributed by atoms with Gasteiger partial charge in [0, 0.05) is 22.7 Å². The van der Waals surface area contributed by atoms with E-state index in [0.29, 0.717) is 22.1 Å². The molecule has 1 unspecified atom stereocenters. The van der Waals surface area contributed by atoms with Gasteiger partial charge in [0.2, 0.25) is 0 Å². The van der Waals surface area contributed by atoms with Crippen molar-refractivity contribution in [3.63, 3.8) is 0 Å². The van der Waals surface area contributed by atoms with E-state index in [-0.39, 0.29) is 18.2 Å². The van der Waals surface area contributed by atoms with Crippen LogP contribution in [-0.4, -0.2) is 20.0 Å². The van der Waals surface area contributed by atoms with Crippen LogP contribution in [0.3, 0.4) is 0 Å². The van der Waals surface area contributed by atoms with Crippen molar-refractivity contribution in [2.75, 3.05) is 19.5 Å². The summed E-state index contributed by atoms with van der Waals surface area (Å²) in [6.07, 6.45) is 0.264. The summed E-state index contributed by atoms with van der Waals surface area (Å²) in [7, 11) is 3.20. The maximum atomic E-state index is 13.3. The molecule has 1 atom stereocenters. The Kier molecular flexibility index (Phi) is 6.62. The fraction of sp³-hybridized carbons (Fsp3) is 0.148. The zero-order valence-corrected chi connectivity index (χ0v) is 18.7. The third-order valence-electron chi connectivity index (χ3n) is 5.44. The summed E-state index contributed by atoms with van der Waals surface area (Å²) in [6, 6.07) is 26.7. The van der Waals surface area contributed by atoms with E-state index in [1.165, 1.54) is 0 Å². The molecule has 0 aromatic heterocycles. The highest BCUT2D eigenvalue weighted by molar-refractivity contribution is 6.30. The van der Waals surface area contributed by atoms with Crippen molar-refractivity contribution in [3.8, 4) is 11.5 Å². The maximum Gasteiger partial charge on any atom is 0.165 e. The third kappa shape index (κ3) is 4.87. The zero-order chi connectivity index (χ0) is 22.5. The highest BCUT2D eigenvalue weighted by Crippen LogP contribution is 2.33. The Labute approximate surface area is 192 Å². The van der Waals surface area contributed by atoms with Gasteiger partial charge in [0.25, 0.3) is 0 Å². The van der Waals surface area contributed by atoms with Crippen LogP contribution in [0.4, 0.5) is 5.69 Å². The molecule has 0 spiro atoms. The molecular formula is C27H24ClNO3. The molecule has 0 fully saturated rings. The van der Waals surface area contributed by atoms with Crippen LogP contribution < -0.4 is 14.8 Å². The van der Waals surface area contributed by atoms with E-state index < -0.39 is 0 Å². The highest BCUT2D eigenvalue weighted by atomic mass is 35.5. The maximum absolute atomic E-state index is 13.3. The van der Waals surface area contributed by atoms with Gasteiger partial charge in [-0.1, -0.05) is 60.1 Å². The molecule has 4 nitrogen and oxygen atoms in total. The number of methoxy groups -OCH3 is 2. The molecule has 4 aromatic carbocycles. The van der Waals surface area contributed by atoms with Gasteiger partial charge < -0.3 is 14.8 Å². The first kappa shape index (κ1) is 21.7. The predicted molar refractivity (Wildman–Crippen MR) is 130 cm³/mol. The van der Waals surface area contributed by atoms with Gasteiger partial charge in [-0.3, -0.25) is 4.79 Å². The van der Waals surface area contributed by atoms with Gasteiger partial charge in [-0.15, -0.1) is 0 Å². The quantitative estimate of drug-likeness (QED) is 0.298. The molecule has 32 heavy (non-hydrogen) atoms. The Bertz CT molecular complexity index is 1250. The second-order valence-electron chi connectivity index (χ2n) is 7.51. The number of hydrogen-bond acceptors (Lipinski definition) is 4. The van der Waals surface area contributed by atoms with Gasteiger partial charge in [0.15, 0.2) is 17.3 Å². The van der Waals surface area contributed by atoms with Crippen molar-refractivity contribution in [1.82, 2.24) is 0 Å². The van der Waals surface area contributed by atoms with Gasteiger partial charge in [-0.05, 0) is 52.7 Å². The molecule has 0 aliphatic carbocycles. The van der Waals surface area contributed by atoms with E-state index in [1.54, 1.807) is 14.2 Å². The lowest BCUT2D eigenvalue weighted by Crippen LogP contribution is -2.16. The van der Waals surface area contributed by atoms with E-state index in [0.717, 1.165) is 22.0 Å². The number of carbonyl (C=O) groups excluding carboxylic acids is 1. The Balaban J connectivity index is 1.67. The monoisotopic (exact) mass is 445 g/mol. The van der Waals surface area contributed by atoms with Crippen LogP contribution in [0.2, 0.25) is 5.02 Å². The Morgan fingerprint density at radius 1 is 0.844 bits per heavy atom. The molecule has 0 amide bonds. The minimum absolute atomic E-state index is 0.0464. The SMILES string of the molecule is COc1ccc(C(CC(=O)c2ccc3ccccc3c2)Nc2cccc(Cl)c2)cc1OC. The number of carbonyl (C=O) groups is 1. The molecular weight excluding hydrogens is 422 g/mol. The number of halogens is 1. The van der Waals surface area contributed by atoms with E-state index >= 15 is 0 Å². The molecule has 0 radical (unpaired) electrons. The standard InChI is InChI=1S/C27H24ClNO3/c1-31-26-13-12-20(15-27(26)32-2)24(29-23-9-5-8-22(28)16-23)17-25(30)21-11-10-18-6-3-4-7-19(18)14-21/h3-16,24,29H,17H2,1-2H3. The number of Topliss-reactive ketones (excluding diaryl/α,β-unsaturated/α-hetero) is 1. The van der Waals surface area contributed by atoms with Crippen molar-refractivity contribution in [2.45, 2.75) is 12.5 Å². The first-order valence-electron chi connectivity index (χ1n) is 10.3. The van der Waals surface area contributed by atoms with Crippen LogP contribution in [0.15, 0.2) is 84.9 Å². The summed E-state index contributed by atoms with van der Waals surface area (Å²) >= 11 is 6.18. The number of ether oxygens (including phenoxy) is 2. The summed E-state index contributed by atoms with van der Waals surface area (Å²) in [6.45, 7) is 0. The lowest BCUT2D eigenvalue weighted by atomic mass is 9.96. The summed E-state index contributed by atoms with van der Waals surface area (Å²) < 4.78 is 10.8. The normalized spacial score (nSPS) is 11.7. The van der Waals surface area contributed by atoms with Crippen LogP contribution in [0.25, 0.3) is 10.8 Å². The zero-order valence-electron chi connectivity index (χ0n) is 18.0. The molecule has 162 valence electrons. The summed E-state index contributed by atoms with van der Waals surface area (Å²) in [5.74, 6) is 1.30. The first-order valence-corrected chi connectivity index (χ1v) is 10.7. The molecule has 4 rings (SSSR count). The van der Waals surface area contributed by atoms with Gasteiger partial charge in [-0.2, -0.15) is 0 Å². The molecule has 0 saturated carbocycles. The Morgan fingerprint density at radius 3 is 2.38 bits per heavy atom. The third-order valence-corrected chi connectivity index (χ3v) is 5.67. The minimum Gasteiger partial charge on any atom is -0.493 e. The number of nitrogens with one attached hydrogen (secondary N) is 1. The van der Waals surface area contributed by atoms with Gasteiger partial charge in [0.05, 0.1) is 20.3 Å². The smallest absolute Gasteiger partial charge is 0.165 e. The minimum atomic E-state index is -0.285. The molecule has 0 bridgehead atoms. The molecule has 1 N–H and O–H groups in total. The van der Waals surface area contributed by atoms with Gasteiger partial charge in [0.1, 0.15) is 0 Å². The van der Waals surface area contributed by atoms with Crippen LogP contribution in [0, 0.1) is 0 Å². The van der Waals surface area contributed by atoms with Gasteiger partial charge in [-0.25, -0.2) is 0 Å². The molecule has 0 aliphatic heterocycles. The van der Waals surface area contributed by atoms with Crippen LogP contribution in [-0.2, 0) is 0 Å². The first-order chi connectivity index (χ1) is 15.6. The fourth-order valence-electron chi connectivity index (χ4n) is 3.77. The fourth-order valence-corrected chi connectivity index (χ4v) is 3.96. The molecule has 0 heterocycles. The average Bonchev–Trinajstić information content (AvgIpc) is 2.82. The van der Waals surface area contributed by atoms with Crippen molar-refractivity contribution in [3.05, 3.63) is 101 Å². The number of ketones is 1. The lowest BCUT2D eigenvalue weighted by Gasteiger charge is -2.21. The molecule has 0 aliphatic rings. The van der Waals surface area contributed by atoms with Crippen molar-refractivity contribution >= 4 is 33.8 Å². The Morgan fingerprint density at radius 2 is 1.62 bits per heavy atom. The lowest BCUT2D eigenvalue weighted by molar-refractivity contribution is 0.0976. The largest absolute Gasteiger partial charge is 0.493 e. The van der Waals surface area contributed by atoms with Crippen LogP contribution in [0.1, 0.15) is 28.4 Å². The second kappa shape index (κ2) is 9.75. The molecule has 5 heteroatoms. The second-order valence-corrected chi connectivity index (χ2v) is 7.95. The summed E-state index contributed by atoms with van der Waals surface area (Å²) in [5, 5.41) is 6.24. The van der Waals surface area contributed by atoms with E-state index in [4.69, 9.17) is 21.1 Å². The van der Waals surface area contributed by atoms with E-state index in [1.807, 2.05) is 84.9 Å². The van der Waals surface area contributed by atoms with Crippen LogP contribution in [0.5, 0.6) is 11.5 Å². The Hall–Kier alpha value is -3.50. The summed E-state index contributed by atoms with van der Waals surface area (Å²) in [5.41, 5.74) is 2.43. The average molecular weight is 446 g/mol. The highest BCUT2D eigenvalue weighted by Gasteiger charge is 2.20. The predicted octanol–water partition coefficient (Wildman–Crippen LogP) is 6.94. The van der Waals surface area contributed by atoms with Crippen molar-refractivity contribution in [1.29, 1.82) is 0 Å². The number of rotatable bonds is 8. The number of anilines is 1. The summed E-state index contributed by atoms with van der Waals surface area (Å²) in [4.78, 5) is 13.3. The van der Waals surface area contributed by atoms with Crippen molar-refractivity contribution < 1.29 is 14.3 Å². The molecule has 4 aromatic rings.